The van der Waals surface area contributed by atoms with Crippen LogP contribution in [0.15, 0.2) is 46.6 Å². The Morgan fingerprint density at radius 1 is 0.538 bits per heavy atom. The fourth-order valence-corrected chi connectivity index (χ4v) is 5.05. The molecule has 0 radical (unpaired) electrons. The lowest BCUT2D eigenvalue weighted by molar-refractivity contribution is -0.110. The Morgan fingerprint density at radius 2 is 0.942 bits per heavy atom. The molecule has 0 spiro atoms. The van der Waals surface area contributed by atoms with Crippen LogP contribution in [0.2, 0.25) is 0 Å². The standard InChI is InChI=1S/C16H34.C16H28.C6H12O.C6H10O.2C2H6.CH4S/c2*1-6-9-15(4)12-8-13-16(5)11-7-10-14(2)3;2*1-3-4-6(2)5-7;3*1-2/h14-16H,6-13H2,1-5H3;9-10,13H,6-8,11-12H2,1-5H3;5-6H,3-4H2,1-2H3;4-5H,3H2,1-2H3;2*1-2H3;2H,1H3/b;15-9+,16-13+;;6-4+;;;. The average Bonchev–Trinajstić information content (AvgIpc) is 3.12. The maximum Gasteiger partial charge on any atom is 0.145 e. The summed E-state index contributed by atoms with van der Waals surface area (Å²) < 4.78 is 0. The molecular formula is C49H100O2S. The van der Waals surface area contributed by atoms with Crippen LogP contribution in [0.3, 0.4) is 0 Å². The molecule has 0 aromatic carbocycles. The molecule has 0 aromatic heterocycles. The maximum atomic E-state index is 9.89. The van der Waals surface area contributed by atoms with Crippen molar-refractivity contribution in [2.75, 3.05) is 6.26 Å². The van der Waals surface area contributed by atoms with Crippen molar-refractivity contribution in [1.82, 2.24) is 0 Å². The second-order valence-corrected chi connectivity index (χ2v) is 14.5. The van der Waals surface area contributed by atoms with E-state index in [0.29, 0.717) is 0 Å². The number of carbonyl (C=O) groups excluding carboxylic acids is 2. The Kier molecular flexibility index (Phi) is 74.3. The van der Waals surface area contributed by atoms with Crippen LogP contribution in [0.1, 0.15) is 227 Å². The molecule has 3 atom stereocenters. The molecule has 314 valence electrons. The molecule has 0 N–H and O–H groups in total. The Balaban J connectivity index is -0.000000104. The van der Waals surface area contributed by atoms with Crippen LogP contribution >= 0.6 is 12.6 Å². The van der Waals surface area contributed by atoms with Crippen LogP contribution in [0.25, 0.3) is 0 Å². The van der Waals surface area contributed by atoms with E-state index in [0.717, 1.165) is 61.6 Å². The molecule has 3 heteroatoms. The van der Waals surface area contributed by atoms with Gasteiger partial charge in [0, 0.05) is 5.92 Å². The highest BCUT2D eigenvalue weighted by molar-refractivity contribution is 7.79. The van der Waals surface area contributed by atoms with Gasteiger partial charge < -0.3 is 4.79 Å². The van der Waals surface area contributed by atoms with E-state index in [2.05, 4.69) is 107 Å². The van der Waals surface area contributed by atoms with E-state index < -0.39 is 0 Å². The summed E-state index contributed by atoms with van der Waals surface area (Å²) in [5, 5.41) is 0. The first-order chi connectivity index (χ1) is 24.7. The third kappa shape index (κ3) is 73.9. The van der Waals surface area contributed by atoms with Crippen LogP contribution in [0, 0.1) is 23.7 Å². The van der Waals surface area contributed by atoms with Crippen LogP contribution in [0.5, 0.6) is 0 Å². The molecule has 3 unspecified atom stereocenters. The number of hydrogen-bond acceptors (Lipinski definition) is 3. The Labute approximate surface area is 337 Å². The first-order valence-corrected chi connectivity index (χ1v) is 22.6. The summed E-state index contributed by atoms with van der Waals surface area (Å²) in [7, 11) is 0. The predicted octanol–water partition coefficient (Wildman–Crippen LogP) is 17.6. The van der Waals surface area contributed by atoms with Gasteiger partial charge >= 0.3 is 0 Å². The molecule has 0 saturated carbocycles. The summed E-state index contributed by atoms with van der Waals surface area (Å²) in [5.41, 5.74) is 5.30. The van der Waals surface area contributed by atoms with Crippen LogP contribution < -0.4 is 0 Å². The first-order valence-electron chi connectivity index (χ1n) is 21.7. The minimum atomic E-state index is 0.269. The fourth-order valence-electron chi connectivity index (χ4n) is 5.05. The van der Waals surface area contributed by atoms with Gasteiger partial charge in [-0.2, -0.15) is 12.6 Å². The molecule has 0 aliphatic carbocycles. The highest BCUT2D eigenvalue weighted by Crippen LogP contribution is 2.20. The van der Waals surface area contributed by atoms with E-state index in [4.69, 9.17) is 0 Å². The molecule has 2 nitrogen and oxygen atoms in total. The molecule has 0 rings (SSSR count). The van der Waals surface area contributed by atoms with Gasteiger partial charge in [-0.25, -0.2) is 0 Å². The van der Waals surface area contributed by atoms with E-state index in [1.54, 1.807) is 13.2 Å². The third-order valence-electron chi connectivity index (χ3n) is 8.02. The van der Waals surface area contributed by atoms with Crippen molar-refractivity contribution in [1.29, 1.82) is 0 Å². The molecule has 0 amide bonds. The van der Waals surface area contributed by atoms with Gasteiger partial charge in [0.1, 0.15) is 12.6 Å². The molecule has 0 aromatic rings. The highest BCUT2D eigenvalue weighted by atomic mass is 32.1. The van der Waals surface area contributed by atoms with E-state index >= 15 is 0 Å². The molecule has 0 saturated heterocycles. The summed E-state index contributed by atoms with van der Waals surface area (Å²) in [6, 6.07) is 0. The van der Waals surface area contributed by atoms with Crippen molar-refractivity contribution in [2.45, 2.75) is 227 Å². The maximum absolute atomic E-state index is 9.89. The van der Waals surface area contributed by atoms with Crippen LogP contribution in [0.4, 0.5) is 0 Å². The normalized spacial score (nSPS) is 12.4. The second kappa shape index (κ2) is 58.9. The van der Waals surface area contributed by atoms with E-state index in [9.17, 15) is 9.59 Å². The average molecular weight is 753 g/mol. The molecule has 0 fully saturated rings. The number of hydrogen-bond donors (Lipinski definition) is 1. The minimum Gasteiger partial charge on any atom is -0.303 e. The second-order valence-electron chi connectivity index (χ2n) is 14.5. The smallest absolute Gasteiger partial charge is 0.145 e. The number of thiol groups is 1. The Morgan fingerprint density at radius 3 is 1.27 bits per heavy atom. The Bertz CT molecular complexity index is 783. The van der Waals surface area contributed by atoms with Crippen molar-refractivity contribution in [2.24, 2.45) is 23.7 Å². The Hall–Kier alpha value is -1.35. The first kappa shape index (κ1) is 65.5. The van der Waals surface area contributed by atoms with Crippen LogP contribution in [-0.2, 0) is 9.59 Å². The lowest BCUT2D eigenvalue weighted by Gasteiger charge is -2.14. The highest BCUT2D eigenvalue weighted by Gasteiger charge is 2.05. The quantitative estimate of drug-likeness (QED) is 0.0517. The van der Waals surface area contributed by atoms with Crippen molar-refractivity contribution >= 4 is 25.2 Å². The zero-order valence-electron chi connectivity index (χ0n) is 39.4. The molecule has 52 heavy (non-hydrogen) atoms. The molecule has 0 heterocycles. The van der Waals surface area contributed by atoms with Gasteiger partial charge in [-0.05, 0) is 109 Å². The fraction of sp³-hybridized carbons (Fsp3) is 0.796. The summed E-state index contributed by atoms with van der Waals surface area (Å²) >= 11 is 3.53. The summed E-state index contributed by atoms with van der Waals surface area (Å²) in [6.45, 7) is 38.6. The van der Waals surface area contributed by atoms with Gasteiger partial charge in [-0.3, -0.25) is 4.79 Å². The predicted molar refractivity (Wildman–Crippen MR) is 249 cm³/mol. The number of carbonyl (C=O) groups is 2. The molecule has 0 aliphatic rings. The van der Waals surface area contributed by atoms with Gasteiger partial charge in [0.2, 0.25) is 0 Å². The van der Waals surface area contributed by atoms with Crippen molar-refractivity contribution < 1.29 is 9.59 Å². The molecule has 0 bridgehead atoms. The molecular weight excluding hydrogens is 653 g/mol. The number of rotatable bonds is 22. The van der Waals surface area contributed by atoms with E-state index in [1.807, 2.05) is 47.6 Å². The molecule has 0 aliphatic heterocycles. The van der Waals surface area contributed by atoms with Crippen molar-refractivity contribution in [3.63, 3.8) is 0 Å². The lowest BCUT2D eigenvalue weighted by Crippen LogP contribution is -1.99. The van der Waals surface area contributed by atoms with E-state index in [-0.39, 0.29) is 5.92 Å². The van der Waals surface area contributed by atoms with Crippen molar-refractivity contribution in [3.05, 3.63) is 46.6 Å². The third-order valence-corrected chi connectivity index (χ3v) is 8.02. The van der Waals surface area contributed by atoms with Gasteiger partial charge in [-0.1, -0.05) is 189 Å². The summed E-state index contributed by atoms with van der Waals surface area (Å²) in [4.78, 5) is 19.7. The van der Waals surface area contributed by atoms with Gasteiger partial charge in [0.25, 0.3) is 0 Å². The number of allylic oxidation sites excluding steroid dienone is 8. The van der Waals surface area contributed by atoms with E-state index in [1.165, 1.54) is 93.8 Å². The topological polar surface area (TPSA) is 34.1 Å². The summed E-state index contributed by atoms with van der Waals surface area (Å²) in [5.74, 6) is 3.06. The largest absolute Gasteiger partial charge is 0.303 e. The summed E-state index contributed by atoms with van der Waals surface area (Å²) in [6.07, 6.45) is 33.0. The van der Waals surface area contributed by atoms with Crippen molar-refractivity contribution in [3.8, 4) is 0 Å². The van der Waals surface area contributed by atoms with Crippen LogP contribution in [-0.4, -0.2) is 18.8 Å². The zero-order valence-corrected chi connectivity index (χ0v) is 40.2. The van der Waals surface area contributed by atoms with Gasteiger partial charge in [0.15, 0.2) is 0 Å². The van der Waals surface area contributed by atoms with Gasteiger partial charge in [0.05, 0.1) is 0 Å². The SMILES string of the molecule is CC.CC.CC/C=C(\C)C=O.CC/C=C(\C)CC/C=C(\C)CCC=C(C)C.CCCC(C)C=O.CCCC(C)CCCC(C)CCCC(C)C.CS. The lowest BCUT2D eigenvalue weighted by atomic mass is 9.92. The number of aldehydes is 2. The minimum absolute atomic E-state index is 0.269. The monoisotopic (exact) mass is 753 g/mol. The van der Waals surface area contributed by atoms with Gasteiger partial charge in [-0.15, -0.1) is 0 Å². The zero-order chi connectivity index (χ0) is 42.2.